The van der Waals surface area contributed by atoms with E-state index in [0.717, 1.165) is 0 Å². The second-order valence-corrected chi connectivity index (χ2v) is 1.85. The molecule has 0 radical (unpaired) electrons. The molecule has 0 saturated heterocycles. The normalized spacial score (nSPS) is 12.7. The molecule has 0 saturated carbocycles. The lowest BCUT2D eigenvalue weighted by Gasteiger charge is -1.94. The molecule has 5 heteroatoms. The van der Waals surface area contributed by atoms with Gasteiger partial charge in [-0.25, -0.2) is 0 Å². The van der Waals surface area contributed by atoms with E-state index in [1.54, 1.807) is 0 Å². The molecule has 0 fully saturated rings. The van der Waals surface area contributed by atoms with Crippen molar-refractivity contribution in [3.05, 3.63) is 10.1 Å². The predicted molar refractivity (Wildman–Crippen MR) is 29.0 cm³/mol. The zero-order valence-electron chi connectivity index (χ0n) is 5.16. The monoisotopic (exact) mass is 133 g/mol. The van der Waals surface area contributed by atoms with E-state index in [0.29, 0.717) is 0 Å². The number of quaternary nitrogens is 1. The third kappa shape index (κ3) is 3.60. The SMILES string of the molecule is CC(=O)CC([NH3+])[N+](=O)[O-]. The number of Topliss-reactive ketones (excluding diaryl/α,β-unsaturated/α-hetero) is 1. The number of nitro groups is 1. The Balaban J connectivity index is 3.63. The van der Waals surface area contributed by atoms with Gasteiger partial charge < -0.3 is 0 Å². The topological polar surface area (TPSA) is 87.8 Å². The molecular formula is C4H9N2O3+. The van der Waals surface area contributed by atoms with Crippen LogP contribution in [0.3, 0.4) is 0 Å². The minimum Gasteiger partial charge on any atom is -0.299 e. The van der Waals surface area contributed by atoms with Gasteiger partial charge in [-0.05, 0) is 6.92 Å². The molecule has 52 valence electrons. The average Bonchev–Trinajstić information content (AvgIpc) is 1.63. The first kappa shape index (κ1) is 8.03. The summed E-state index contributed by atoms with van der Waals surface area (Å²) in [5.74, 6) is -0.202. The van der Waals surface area contributed by atoms with E-state index in [9.17, 15) is 14.9 Å². The van der Waals surface area contributed by atoms with Crippen molar-refractivity contribution < 1.29 is 15.5 Å². The maximum absolute atomic E-state index is 10.2. The smallest absolute Gasteiger partial charge is 0.299 e. The molecule has 0 amide bonds. The van der Waals surface area contributed by atoms with Crippen molar-refractivity contribution in [2.75, 3.05) is 0 Å². The van der Waals surface area contributed by atoms with Crippen LogP contribution in [0.2, 0.25) is 0 Å². The third-order valence-electron chi connectivity index (χ3n) is 0.821. The Morgan fingerprint density at radius 1 is 1.89 bits per heavy atom. The quantitative estimate of drug-likeness (QED) is 0.298. The first-order valence-corrected chi connectivity index (χ1v) is 2.50. The first-order chi connectivity index (χ1) is 4.04. The van der Waals surface area contributed by atoms with Crippen molar-refractivity contribution in [3.8, 4) is 0 Å². The van der Waals surface area contributed by atoms with Crippen LogP contribution in [0.1, 0.15) is 13.3 Å². The number of carbonyl (C=O) groups excluding carboxylic acids is 1. The molecule has 0 aliphatic rings. The summed E-state index contributed by atoms with van der Waals surface area (Å²) in [6, 6.07) is 0. The molecule has 0 heterocycles. The average molecular weight is 133 g/mol. The molecule has 5 nitrogen and oxygen atoms in total. The lowest BCUT2D eigenvalue weighted by Crippen LogP contribution is -2.65. The highest BCUT2D eigenvalue weighted by Crippen LogP contribution is 1.86. The molecule has 0 aromatic carbocycles. The summed E-state index contributed by atoms with van der Waals surface area (Å²) < 4.78 is 0. The van der Waals surface area contributed by atoms with Gasteiger partial charge in [0.05, 0.1) is 4.92 Å². The van der Waals surface area contributed by atoms with Crippen LogP contribution in [-0.4, -0.2) is 16.9 Å². The Bertz CT molecular complexity index is 134. The molecule has 0 aliphatic heterocycles. The van der Waals surface area contributed by atoms with Gasteiger partial charge in [0, 0.05) is 0 Å². The lowest BCUT2D eigenvalue weighted by atomic mass is 10.3. The fourth-order valence-corrected chi connectivity index (χ4v) is 0.406. The van der Waals surface area contributed by atoms with E-state index in [1.165, 1.54) is 6.92 Å². The summed E-state index contributed by atoms with van der Waals surface area (Å²) in [5, 5.41) is 9.83. The molecule has 9 heavy (non-hydrogen) atoms. The fraction of sp³-hybridized carbons (Fsp3) is 0.750. The Hall–Kier alpha value is -0.970. The summed E-state index contributed by atoms with van der Waals surface area (Å²) in [7, 11) is 0. The second-order valence-electron chi connectivity index (χ2n) is 1.85. The summed E-state index contributed by atoms with van der Waals surface area (Å²) in [4.78, 5) is 19.5. The zero-order valence-corrected chi connectivity index (χ0v) is 5.16. The van der Waals surface area contributed by atoms with Crippen LogP contribution in [0.15, 0.2) is 0 Å². The van der Waals surface area contributed by atoms with Crippen molar-refractivity contribution in [3.63, 3.8) is 0 Å². The maximum Gasteiger partial charge on any atom is 0.339 e. The molecule has 0 spiro atoms. The minimum absolute atomic E-state index is 0.0764. The second kappa shape index (κ2) is 3.13. The first-order valence-electron chi connectivity index (χ1n) is 2.50. The Kier molecular flexibility index (Phi) is 2.80. The van der Waals surface area contributed by atoms with Gasteiger partial charge in [-0.3, -0.25) is 20.6 Å². The van der Waals surface area contributed by atoms with Crippen LogP contribution >= 0.6 is 0 Å². The molecule has 0 bridgehead atoms. The van der Waals surface area contributed by atoms with Gasteiger partial charge in [0.1, 0.15) is 12.2 Å². The highest BCUT2D eigenvalue weighted by atomic mass is 16.6. The van der Waals surface area contributed by atoms with Gasteiger partial charge in [0.2, 0.25) is 0 Å². The molecule has 0 aromatic heterocycles. The number of rotatable bonds is 3. The number of ketones is 1. The Labute approximate surface area is 52.0 Å². The van der Waals surface area contributed by atoms with Gasteiger partial charge in [-0.15, -0.1) is 0 Å². The largest absolute Gasteiger partial charge is 0.339 e. The lowest BCUT2D eigenvalue weighted by molar-refractivity contribution is -0.703. The number of hydrogen-bond donors (Lipinski definition) is 1. The van der Waals surface area contributed by atoms with Crippen LogP contribution < -0.4 is 5.73 Å². The highest BCUT2D eigenvalue weighted by molar-refractivity contribution is 5.75. The van der Waals surface area contributed by atoms with Crippen LogP contribution in [0.25, 0.3) is 0 Å². The summed E-state index contributed by atoms with van der Waals surface area (Å²) >= 11 is 0. The van der Waals surface area contributed by atoms with Gasteiger partial charge in [0.25, 0.3) is 0 Å². The van der Waals surface area contributed by atoms with Gasteiger partial charge in [0.15, 0.2) is 0 Å². The van der Waals surface area contributed by atoms with Gasteiger partial charge in [-0.2, -0.15) is 0 Å². The zero-order chi connectivity index (χ0) is 7.44. The van der Waals surface area contributed by atoms with Crippen LogP contribution in [0.5, 0.6) is 0 Å². The molecule has 0 aromatic rings. The third-order valence-corrected chi connectivity index (χ3v) is 0.821. The van der Waals surface area contributed by atoms with Crippen LogP contribution in [0.4, 0.5) is 0 Å². The molecule has 0 aliphatic carbocycles. The van der Waals surface area contributed by atoms with Gasteiger partial charge >= 0.3 is 6.17 Å². The van der Waals surface area contributed by atoms with Crippen molar-refractivity contribution in [1.29, 1.82) is 0 Å². The summed E-state index contributed by atoms with van der Waals surface area (Å²) in [5.41, 5.74) is 3.16. The molecular weight excluding hydrogens is 124 g/mol. The minimum atomic E-state index is -0.984. The standard InChI is InChI=1S/C4H8N2O3/c1-3(7)2-4(5)6(8)9/h4H,2,5H2,1H3/p+1. The van der Waals surface area contributed by atoms with Crippen molar-refractivity contribution in [2.24, 2.45) is 0 Å². The van der Waals surface area contributed by atoms with E-state index in [2.05, 4.69) is 5.73 Å². The molecule has 3 N–H and O–H groups in total. The Morgan fingerprint density at radius 2 is 2.33 bits per heavy atom. The highest BCUT2D eigenvalue weighted by Gasteiger charge is 2.18. The number of carbonyl (C=O) groups is 1. The molecule has 0 rings (SSSR count). The van der Waals surface area contributed by atoms with E-state index in [-0.39, 0.29) is 12.2 Å². The fourth-order valence-electron chi connectivity index (χ4n) is 0.406. The van der Waals surface area contributed by atoms with Crippen molar-refractivity contribution in [1.82, 2.24) is 0 Å². The summed E-state index contributed by atoms with van der Waals surface area (Å²) in [6.07, 6.45) is -1.06. The van der Waals surface area contributed by atoms with E-state index >= 15 is 0 Å². The summed E-state index contributed by atoms with van der Waals surface area (Å²) in [6.45, 7) is 1.31. The van der Waals surface area contributed by atoms with Crippen LogP contribution in [-0.2, 0) is 4.79 Å². The maximum atomic E-state index is 10.2. The predicted octanol–water partition coefficient (Wildman–Crippen LogP) is -1.19. The van der Waals surface area contributed by atoms with Crippen molar-refractivity contribution in [2.45, 2.75) is 19.5 Å². The Morgan fingerprint density at radius 3 is 2.44 bits per heavy atom. The van der Waals surface area contributed by atoms with Gasteiger partial charge in [-0.1, -0.05) is 0 Å². The van der Waals surface area contributed by atoms with Crippen LogP contribution in [0, 0.1) is 10.1 Å². The van der Waals surface area contributed by atoms with Crippen molar-refractivity contribution >= 4 is 5.78 Å². The number of hydrogen-bond acceptors (Lipinski definition) is 3. The van der Waals surface area contributed by atoms with E-state index < -0.39 is 11.1 Å². The molecule has 1 unspecified atom stereocenters. The van der Waals surface area contributed by atoms with E-state index in [4.69, 9.17) is 0 Å². The molecule has 1 atom stereocenters. The number of nitrogens with zero attached hydrogens (tertiary/aromatic N) is 1. The van der Waals surface area contributed by atoms with E-state index in [1.807, 2.05) is 0 Å².